The van der Waals surface area contributed by atoms with Gasteiger partial charge in [0, 0.05) is 23.7 Å². The largest absolute Gasteiger partial charge is 0.455 e. The van der Waals surface area contributed by atoms with E-state index in [0.717, 1.165) is 17.6 Å². The zero-order valence-electron chi connectivity index (χ0n) is 24.0. The van der Waals surface area contributed by atoms with E-state index in [9.17, 15) is 18.0 Å². The van der Waals surface area contributed by atoms with Crippen LogP contribution in [0.2, 0.25) is 5.15 Å². The van der Waals surface area contributed by atoms with E-state index in [1.165, 1.54) is 12.1 Å². The quantitative estimate of drug-likeness (QED) is 0.235. The molecule has 4 aromatic heterocycles. The first kappa shape index (κ1) is 29.9. The lowest BCUT2D eigenvalue weighted by Gasteiger charge is -2.20. The molecule has 0 aliphatic carbocycles. The van der Waals surface area contributed by atoms with Crippen LogP contribution in [0.5, 0.6) is 0 Å². The summed E-state index contributed by atoms with van der Waals surface area (Å²) in [5.41, 5.74) is 3.31. The third-order valence-electron chi connectivity index (χ3n) is 6.70. The number of nitrogens with one attached hydrogen (secondary N) is 2. The van der Waals surface area contributed by atoms with Crippen molar-refractivity contribution >= 4 is 44.2 Å². The number of benzene rings is 1. The number of carbonyl (C=O) groups excluding carboxylic acids is 1. The monoisotopic (exact) mass is 621 g/mol. The molecule has 0 bridgehead atoms. The molecule has 5 rings (SSSR count). The molecule has 0 spiro atoms. The van der Waals surface area contributed by atoms with Gasteiger partial charge in [0.05, 0.1) is 47.5 Å². The van der Waals surface area contributed by atoms with Gasteiger partial charge in [-0.05, 0) is 44.5 Å². The number of nitrogens with zero attached hydrogens (tertiary/aromatic N) is 5. The van der Waals surface area contributed by atoms with Gasteiger partial charge in [0.1, 0.15) is 28.0 Å². The fourth-order valence-electron chi connectivity index (χ4n) is 4.65. The number of rotatable bonds is 8. The minimum Gasteiger partial charge on any atom is -0.455 e. The van der Waals surface area contributed by atoms with Gasteiger partial charge in [-0.1, -0.05) is 24.6 Å². The first-order valence-electron chi connectivity index (χ1n) is 13.2. The molecule has 2 N–H and O–H groups in total. The molecule has 0 fully saturated rings. The highest BCUT2D eigenvalue weighted by atomic mass is 35.5. The summed E-state index contributed by atoms with van der Waals surface area (Å²) < 4.78 is 33.3. The molecule has 222 valence electrons. The Labute approximate surface area is 252 Å². The third kappa shape index (κ3) is 6.27. The fourth-order valence-corrected chi connectivity index (χ4v) is 5.23. The van der Waals surface area contributed by atoms with Gasteiger partial charge in [-0.25, -0.2) is 32.8 Å². The van der Waals surface area contributed by atoms with Crippen molar-refractivity contribution in [3.63, 3.8) is 0 Å². The molecule has 4 heterocycles. The lowest BCUT2D eigenvalue weighted by molar-refractivity contribution is 0.0977. The summed E-state index contributed by atoms with van der Waals surface area (Å²) >= 11 is 6.02. The molecule has 1 aromatic carbocycles. The zero-order valence-corrected chi connectivity index (χ0v) is 25.5. The molecule has 43 heavy (non-hydrogen) atoms. The van der Waals surface area contributed by atoms with Crippen molar-refractivity contribution in [2.75, 3.05) is 11.6 Å². The standard InChI is InChI=1S/C29H28ClN7O5S/c1-6-24-31-12-19(13-32-24)37-14-18(11-33-37)27-16(3)26(38)21-10-15(2)9-20(28(21)42-27)17(4)34-22-7-8-23(30)35-25(22)29(39)36-43(5,40)41/h7-14,17,34H,6H2,1-5H3,(H,36,39)/t17-/m1/s1. The van der Waals surface area contributed by atoms with Crippen molar-refractivity contribution in [3.8, 4) is 17.0 Å². The third-order valence-corrected chi connectivity index (χ3v) is 7.47. The molecule has 0 aliphatic heterocycles. The molecule has 14 heteroatoms. The smallest absolute Gasteiger partial charge is 0.285 e. The molecule has 0 saturated carbocycles. The van der Waals surface area contributed by atoms with Crippen LogP contribution < -0.4 is 15.5 Å². The zero-order chi connectivity index (χ0) is 31.1. The van der Waals surface area contributed by atoms with Crippen LogP contribution in [0.1, 0.15) is 52.9 Å². The van der Waals surface area contributed by atoms with Crippen LogP contribution in [0.4, 0.5) is 5.69 Å². The maximum Gasteiger partial charge on any atom is 0.285 e. The lowest BCUT2D eigenvalue weighted by atomic mass is 9.99. The van der Waals surface area contributed by atoms with Crippen LogP contribution in [0.3, 0.4) is 0 Å². The summed E-state index contributed by atoms with van der Waals surface area (Å²) in [7, 11) is -3.85. The molecular formula is C29H28ClN7O5S. The number of pyridine rings is 1. The number of anilines is 1. The van der Waals surface area contributed by atoms with E-state index >= 15 is 0 Å². The molecule has 12 nitrogen and oxygen atoms in total. The Morgan fingerprint density at radius 2 is 1.86 bits per heavy atom. The topological polar surface area (TPSA) is 162 Å². The number of halogens is 1. The van der Waals surface area contributed by atoms with Crippen LogP contribution in [-0.2, 0) is 16.4 Å². The van der Waals surface area contributed by atoms with Gasteiger partial charge >= 0.3 is 0 Å². The van der Waals surface area contributed by atoms with Crippen LogP contribution >= 0.6 is 11.6 Å². The van der Waals surface area contributed by atoms with E-state index in [2.05, 4.69) is 25.4 Å². The summed E-state index contributed by atoms with van der Waals surface area (Å²) in [6, 6.07) is 6.11. The molecule has 0 unspecified atom stereocenters. The molecule has 1 amide bonds. The molecular weight excluding hydrogens is 594 g/mol. The van der Waals surface area contributed by atoms with Gasteiger partial charge < -0.3 is 9.73 Å². The summed E-state index contributed by atoms with van der Waals surface area (Å²) in [6.07, 6.45) is 8.28. The summed E-state index contributed by atoms with van der Waals surface area (Å²) in [6.45, 7) is 7.35. The number of hydrogen-bond acceptors (Lipinski definition) is 10. The average molecular weight is 622 g/mol. The molecule has 0 radical (unpaired) electrons. The highest BCUT2D eigenvalue weighted by molar-refractivity contribution is 7.89. The Balaban J connectivity index is 1.57. The predicted octanol–water partition coefficient (Wildman–Crippen LogP) is 4.53. The van der Waals surface area contributed by atoms with Crippen molar-refractivity contribution < 1.29 is 17.6 Å². The van der Waals surface area contributed by atoms with Crippen molar-refractivity contribution in [3.05, 3.63) is 92.6 Å². The maximum atomic E-state index is 13.6. The second kappa shape index (κ2) is 11.6. The number of aryl methyl sites for hydroxylation is 2. The van der Waals surface area contributed by atoms with E-state index in [-0.39, 0.29) is 22.0 Å². The van der Waals surface area contributed by atoms with Crippen molar-refractivity contribution in [1.29, 1.82) is 0 Å². The number of amides is 1. The van der Waals surface area contributed by atoms with E-state index < -0.39 is 22.0 Å². The number of carbonyl (C=O) groups is 1. The van der Waals surface area contributed by atoms with Gasteiger partial charge in [-0.15, -0.1) is 0 Å². The van der Waals surface area contributed by atoms with Crippen LogP contribution in [0.25, 0.3) is 28.0 Å². The van der Waals surface area contributed by atoms with E-state index in [0.29, 0.717) is 45.5 Å². The SMILES string of the molecule is CCc1ncc(-n2cc(-c3oc4c([C@@H](C)Nc5ccc(Cl)nc5C(=O)NS(C)(=O)=O)cc(C)cc4c(=O)c3C)cn2)cn1. The molecule has 0 aliphatic rings. The van der Waals surface area contributed by atoms with Crippen LogP contribution in [0.15, 0.2) is 58.3 Å². The van der Waals surface area contributed by atoms with Crippen molar-refractivity contribution in [2.24, 2.45) is 0 Å². The van der Waals surface area contributed by atoms with Gasteiger partial charge in [0.2, 0.25) is 10.0 Å². The van der Waals surface area contributed by atoms with Crippen molar-refractivity contribution in [1.82, 2.24) is 29.5 Å². The minimum absolute atomic E-state index is 0.0115. The molecule has 5 aromatic rings. The van der Waals surface area contributed by atoms with Gasteiger partial charge in [0.15, 0.2) is 11.1 Å². The highest BCUT2D eigenvalue weighted by Crippen LogP contribution is 2.33. The molecule has 0 saturated heterocycles. The first-order chi connectivity index (χ1) is 20.3. The minimum atomic E-state index is -3.85. The Kier molecular flexibility index (Phi) is 8.04. The van der Waals surface area contributed by atoms with E-state index in [1.54, 1.807) is 42.5 Å². The van der Waals surface area contributed by atoms with Gasteiger partial charge in [0.25, 0.3) is 5.91 Å². The Bertz CT molecular complexity index is 2040. The van der Waals surface area contributed by atoms with E-state index in [4.69, 9.17) is 16.0 Å². The predicted molar refractivity (Wildman–Crippen MR) is 163 cm³/mol. The maximum absolute atomic E-state index is 13.6. The number of hydrogen-bond donors (Lipinski definition) is 2. The average Bonchev–Trinajstić information content (AvgIpc) is 3.45. The van der Waals surface area contributed by atoms with E-state index in [1.807, 2.05) is 31.6 Å². The number of sulfonamides is 1. The highest BCUT2D eigenvalue weighted by Gasteiger charge is 2.23. The lowest BCUT2D eigenvalue weighted by Crippen LogP contribution is -2.31. The fraction of sp³-hybridized carbons (Fsp3) is 0.241. The number of fused-ring (bicyclic) bond motifs is 1. The van der Waals surface area contributed by atoms with Crippen LogP contribution in [0, 0.1) is 13.8 Å². The first-order valence-corrected chi connectivity index (χ1v) is 15.5. The second-order valence-electron chi connectivity index (χ2n) is 10.1. The second-order valence-corrected chi connectivity index (χ2v) is 12.2. The Morgan fingerprint density at radius 1 is 1.14 bits per heavy atom. The Morgan fingerprint density at radius 3 is 2.53 bits per heavy atom. The Hall–Kier alpha value is -4.62. The normalized spacial score (nSPS) is 12.3. The number of aromatic nitrogens is 5. The van der Waals surface area contributed by atoms with Crippen LogP contribution in [-0.4, -0.2) is 45.3 Å². The summed E-state index contributed by atoms with van der Waals surface area (Å²) in [5.74, 6) is 0.133. The van der Waals surface area contributed by atoms with Gasteiger partial charge in [-0.3, -0.25) is 9.59 Å². The molecule has 1 atom stereocenters. The summed E-state index contributed by atoms with van der Waals surface area (Å²) in [4.78, 5) is 39.0. The summed E-state index contributed by atoms with van der Waals surface area (Å²) in [5, 5.41) is 8.02. The van der Waals surface area contributed by atoms with Gasteiger partial charge in [-0.2, -0.15) is 5.10 Å². The van der Waals surface area contributed by atoms with Crippen molar-refractivity contribution in [2.45, 2.75) is 40.2 Å².